The number of thiophene rings is 1. The van der Waals surface area contributed by atoms with Crippen molar-refractivity contribution in [2.45, 2.75) is 0 Å². The van der Waals surface area contributed by atoms with Crippen LogP contribution in [0.1, 0.15) is 15.1 Å². The molecule has 0 fully saturated rings. The number of hydrogen-bond acceptors (Lipinski definition) is 4. The lowest BCUT2D eigenvalue weighted by molar-refractivity contribution is 1.07. The zero-order chi connectivity index (χ0) is 34.2. The van der Waals surface area contributed by atoms with Gasteiger partial charge in [-0.1, -0.05) is 121 Å². The van der Waals surface area contributed by atoms with Gasteiger partial charge in [0.05, 0.1) is 15.1 Å². The highest BCUT2D eigenvalue weighted by Gasteiger charge is 2.15. The van der Waals surface area contributed by atoms with E-state index in [4.69, 9.17) is 13.7 Å². The first-order chi connectivity index (χ1) is 22.9. The SMILES string of the molecule is [2H]c1c([2H])c([2H])c(-c2nc(-c3ccccc3)nc(-c3c([2H])c([2H])c4c(sc5c(-c6ccccc6)c([2H])c([2H])c([2H])c54)c3[2H])n2)c([2H])c1[2H]. The van der Waals surface area contributed by atoms with Crippen LogP contribution in [0.5, 0.6) is 0 Å². The first kappa shape index (κ1) is 13.0. The van der Waals surface area contributed by atoms with Gasteiger partial charge in [-0.05, 0) is 17.2 Å². The third kappa shape index (κ3) is 3.98. The molecule has 2 heterocycles. The maximum Gasteiger partial charge on any atom is 0.164 e. The molecule has 0 atom stereocenters. The van der Waals surface area contributed by atoms with Crippen LogP contribution in [0.15, 0.2) is 127 Å². The second-order valence-corrected chi connectivity index (χ2v) is 9.07. The highest BCUT2D eigenvalue weighted by atomic mass is 32.1. The van der Waals surface area contributed by atoms with Gasteiger partial charge in [0, 0.05) is 36.9 Å². The van der Waals surface area contributed by atoms with E-state index in [1.807, 2.05) is 6.07 Å². The summed E-state index contributed by atoms with van der Waals surface area (Å²) in [7, 11) is 0. The van der Waals surface area contributed by atoms with Crippen molar-refractivity contribution in [3.8, 4) is 45.3 Å². The maximum absolute atomic E-state index is 9.32. The molecule has 0 saturated heterocycles. The van der Waals surface area contributed by atoms with Gasteiger partial charge >= 0.3 is 0 Å². The van der Waals surface area contributed by atoms with Gasteiger partial charge in [-0.3, -0.25) is 0 Å². The quantitative estimate of drug-likeness (QED) is 0.241. The van der Waals surface area contributed by atoms with Crippen molar-refractivity contribution in [1.29, 1.82) is 0 Å². The van der Waals surface area contributed by atoms with Crippen molar-refractivity contribution >= 4 is 31.5 Å². The molecular weight excluding hydrogens is 470 g/mol. The highest BCUT2D eigenvalue weighted by molar-refractivity contribution is 7.26. The molecule has 0 spiro atoms. The summed E-state index contributed by atoms with van der Waals surface area (Å²) in [5, 5.41) is 0.335. The van der Waals surface area contributed by atoms with Gasteiger partial charge in [0.2, 0.25) is 0 Å². The summed E-state index contributed by atoms with van der Waals surface area (Å²) in [5.74, 6) is -0.429. The normalized spacial score (nSPS) is 15.4. The third-order valence-corrected chi connectivity index (χ3v) is 6.86. The first-order valence-corrected chi connectivity index (χ1v) is 12.1. The summed E-state index contributed by atoms with van der Waals surface area (Å²) in [5.41, 5.74) is 1.07. The summed E-state index contributed by atoms with van der Waals surface area (Å²) < 4.78 is 95.6. The monoisotopic (exact) mass is 502 g/mol. The Morgan fingerprint density at radius 1 is 0.514 bits per heavy atom. The topological polar surface area (TPSA) is 38.7 Å². The fourth-order valence-corrected chi connectivity index (χ4v) is 5.15. The van der Waals surface area contributed by atoms with Crippen molar-refractivity contribution < 1.29 is 15.1 Å². The molecule has 0 bridgehead atoms. The Kier molecular flexibility index (Phi) is 3.20. The van der Waals surface area contributed by atoms with Gasteiger partial charge < -0.3 is 0 Å². The summed E-state index contributed by atoms with van der Waals surface area (Å²) in [6.45, 7) is 0. The van der Waals surface area contributed by atoms with Crippen LogP contribution in [0.3, 0.4) is 0 Å². The number of benzene rings is 5. The molecule has 7 aromatic rings. The first-order valence-electron chi connectivity index (χ1n) is 16.8. The molecule has 0 radical (unpaired) electrons. The Hall–Kier alpha value is -4.67. The molecule has 4 heteroatoms. The van der Waals surface area contributed by atoms with Crippen LogP contribution in [0, 0.1) is 0 Å². The van der Waals surface area contributed by atoms with E-state index in [0.717, 1.165) is 11.3 Å². The average molecular weight is 503 g/mol. The molecular formula is C33H21N3S. The van der Waals surface area contributed by atoms with E-state index >= 15 is 0 Å². The minimum Gasteiger partial charge on any atom is -0.208 e. The van der Waals surface area contributed by atoms with Gasteiger partial charge in [-0.15, -0.1) is 11.3 Å². The predicted octanol–water partition coefficient (Wildman–Crippen LogP) is 8.91. The zero-order valence-corrected chi connectivity index (χ0v) is 19.8. The molecule has 0 unspecified atom stereocenters. The summed E-state index contributed by atoms with van der Waals surface area (Å²) in [4.78, 5) is 13.5. The Balaban J connectivity index is 1.59. The lowest BCUT2D eigenvalue weighted by atomic mass is 10.0. The van der Waals surface area contributed by atoms with E-state index in [1.54, 1.807) is 54.6 Å². The molecule has 5 aromatic carbocycles. The number of nitrogens with zero attached hydrogens (tertiary/aromatic N) is 3. The van der Waals surface area contributed by atoms with E-state index in [-0.39, 0.29) is 74.3 Å². The molecule has 0 aliphatic carbocycles. The van der Waals surface area contributed by atoms with Crippen LogP contribution >= 0.6 is 11.3 Å². The average Bonchev–Trinajstić information content (AvgIpc) is 3.50. The fraction of sp³-hybridized carbons (Fsp3) is 0. The fourth-order valence-electron chi connectivity index (χ4n) is 4.01. The molecule has 0 N–H and O–H groups in total. The number of rotatable bonds is 4. The van der Waals surface area contributed by atoms with Crippen molar-refractivity contribution in [3.05, 3.63) is 127 Å². The van der Waals surface area contributed by atoms with Gasteiger partial charge in [0.1, 0.15) is 0 Å². The van der Waals surface area contributed by atoms with Crippen LogP contribution < -0.4 is 0 Å². The minimum absolute atomic E-state index is 0.0571. The van der Waals surface area contributed by atoms with E-state index in [2.05, 4.69) is 15.0 Å². The van der Waals surface area contributed by atoms with Gasteiger partial charge in [-0.2, -0.15) is 0 Å². The zero-order valence-electron chi connectivity index (χ0n) is 30.0. The van der Waals surface area contributed by atoms with Crippen LogP contribution in [-0.4, -0.2) is 15.0 Å². The molecule has 174 valence electrons. The molecule has 0 aliphatic heterocycles. The van der Waals surface area contributed by atoms with E-state index < -0.39 is 36.3 Å². The van der Waals surface area contributed by atoms with Gasteiger partial charge in [-0.25, -0.2) is 15.0 Å². The maximum atomic E-state index is 9.32. The Morgan fingerprint density at radius 2 is 1.16 bits per heavy atom. The van der Waals surface area contributed by atoms with Crippen molar-refractivity contribution in [2.75, 3.05) is 0 Å². The minimum atomic E-state index is -0.586. The summed E-state index contributed by atoms with van der Waals surface area (Å²) in [6, 6.07) is 13.0. The number of aromatic nitrogens is 3. The molecule has 2 aromatic heterocycles. The van der Waals surface area contributed by atoms with E-state index in [0.29, 0.717) is 21.4 Å². The summed E-state index contributed by atoms with van der Waals surface area (Å²) in [6.07, 6.45) is 0. The Bertz CT molecular complexity index is 2440. The standard InChI is InChI=1S/C33H21N3S/c1-4-11-22(12-5-1)26-17-10-18-28-27-20-19-25(21-29(27)37-30(26)28)33-35-31(23-13-6-2-7-14-23)34-32(36-33)24-15-8-3-9-16-24/h1-21H/i2D,6D,7D,10D,13D,14D,17D,18D,19D,20D,21D. The van der Waals surface area contributed by atoms with Crippen LogP contribution in [0.25, 0.3) is 65.5 Å². The molecule has 7 rings (SSSR count). The van der Waals surface area contributed by atoms with Crippen LogP contribution in [0.4, 0.5) is 0 Å². The number of hydrogen-bond donors (Lipinski definition) is 0. The third-order valence-electron chi connectivity index (χ3n) is 5.74. The highest BCUT2D eigenvalue weighted by Crippen LogP contribution is 2.41. The Morgan fingerprint density at radius 3 is 1.89 bits per heavy atom. The predicted molar refractivity (Wildman–Crippen MR) is 154 cm³/mol. The summed E-state index contributed by atoms with van der Waals surface area (Å²) >= 11 is 1.07. The number of fused-ring (bicyclic) bond motifs is 3. The van der Waals surface area contributed by atoms with E-state index in [1.165, 1.54) is 0 Å². The molecule has 0 amide bonds. The van der Waals surface area contributed by atoms with E-state index in [9.17, 15) is 1.37 Å². The lowest BCUT2D eigenvalue weighted by Gasteiger charge is -2.08. The molecule has 37 heavy (non-hydrogen) atoms. The second kappa shape index (κ2) is 9.08. The van der Waals surface area contributed by atoms with Crippen molar-refractivity contribution in [2.24, 2.45) is 0 Å². The molecule has 0 aliphatic rings. The van der Waals surface area contributed by atoms with Gasteiger partial charge in [0.25, 0.3) is 0 Å². The van der Waals surface area contributed by atoms with Crippen molar-refractivity contribution in [3.63, 3.8) is 0 Å². The van der Waals surface area contributed by atoms with Gasteiger partial charge in [0.15, 0.2) is 17.5 Å². The van der Waals surface area contributed by atoms with Crippen LogP contribution in [-0.2, 0) is 0 Å². The molecule has 0 saturated carbocycles. The smallest absolute Gasteiger partial charge is 0.164 e. The van der Waals surface area contributed by atoms with Crippen molar-refractivity contribution in [1.82, 2.24) is 15.0 Å². The Labute approximate surface area is 234 Å². The second-order valence-electron chi connectivity index (χ2n) is 8.05. The largest absolute Gasteiger partial charge is 0.208 e. The lowest BCUT2D eigenvalue weighted by Crippen LogP contribution is -1.99. The van der Waals surface area contributed by atoms with Crippen LogP contribution in [0.2, 0.25) is 0 Å². The molecule has 3 nitrogen and oxygen atoms in total.